The molecule has 0 bridgehead atoms. The third-order valence-corrected chi connectivity index (χ3v) is 5.52. The number of furan rings is 1. The van der Waals surface area contributed by atoms with Gasteiger partial charge in [-0.2, -0.15) is 0 Å². The molecule has 19 heavy (non-hydrogen) atoms. The van der Waals surface area contributed by atoms with Crippen molar-refractivity contribution in [3.8, 4) is 0 Å². The van der Waals surface area contributed by atoms with Gasteiger partial charge in [-0.3, -0.25) is 14.5 Å². The molecule has 0 saturated carbocycles. The Morgan fingerprint density at radius 1 is 1.58 bits per heavy atom. The maximum absolute atomic E-state index is 12.1. The van der Waals surface area contributed by atoms with Gasteiger partial charge in [0.15, 0.2) is 3.77 Å². The molecule has 2 rings (SSSR count). The van der Waals surface area contributed by atoms with Crippen LogP contribution in [0.4, 0.5) is 4.79 Å². The maximum atomic E-state index is 12.1. The van der Waals surface area contributed by atoms with Crippen molar-refractivity contribution >= 4 is 67.5 Å². The molecule has 1 atom stereocenters. The number of hydrogen-bond acceptors (Lipinski definition) is 4. The molecule has 1 aromatic rings. The van der Waals surface area contributed by atoms with Crippen molar-refractivity contribution < 1.29 is 14.0 Å². The van der Waals surface area contributed by atoms with E-state index in [9.17, 15) is 9.59 Å². The molecule has 2 amide bonds. The molecule has 7 heteroatoms. The molecule has 1 aliphatic rings. The van der Waals surface area contributed by atoms with E-state index in [1.807, 2.05) is 22.6 Å². The number of thioether (sulfide) groups is 1. The van der Waals surface area contributed by atoms with Crippen molar-refractivity contribution in [2.45, 2.75) is 13.0 Å². The molecule has 0 aromatic carbocycles. The minimum atomic E-state index is -0.318. The lowest BCUT2D eigenvalue weighted by Gasteiger charge is -2.17. The summed E-state index contributed by atoms with van der Waals surface area (Å²) in [5.74, 6) is 0.220. The van der Waals surface area contributed by atoms with Crippen LogP contribution < -0.4 is 0 Å². The first kappa shape index (κ1) is 14.9. The molecule has 1 aromatic heterocycles. The normalized spacial score (nSPS) is 19.3. The third kappa shape index (κ3) is 2.97. The molecule has 1 saturated heterocycles. The van der Waals surface area contributed by atoms with Crippen molar-refractivity contribution in [2.75, 3.05) is 0 Å². The molecule has 1 fully saturated rings. The molecule has 1 aliphatic heterocycles. The van der Waals surface area contributed by atoms with Gasteiger partial charge in [0.25, 0.3) is 11.1 Å². The fourth-order valence-corrected chi connectivity index (χ4v) is 3.11. The lowest BCUT2D eigenvalue weighted by molar-refractivity contribution is -0.123. The first-order valence-corrected chi connectivity index (χ1v) is 7.97. The number of carbonyl (C=O) groups excluding carboxylic acids is 2. The Morgan fingerprint density at radius 2 is 2.26 bits per heavy atom. The third-order valence-electron chi connectivity index (χ3n) is 2.51. The van der Waals surface area contributed by atoms with E-state index in [1.54, 1.807) is 25.1 Å². The van der Waals surface area contributed by atoms with Crippen molar-refractivity contribution in [3.05, 3.63) is 37.6 Å². The van der Waals surface area contributed by atoms with Crippen LogP contribution in [0.2, 0.25) is 0 Å². The van der Waals surface area contributed by atoms with E-state index in [1.165, 1.54) is 4.90 Å². The highest BCUT2D eigenvalue weighted by Gasteiger charge is 2.37. The summed E-state index contributed by atoms with van der Waals surface area (Å²) in [7, 11) is 0. The Kier molecular flexibility index (Phi) is 4.57. The van der Waals surface area contributed by atoms with Crippen LogP contribution in [0.15, 0.2) is 32.5 Å². The van der Waals surface area contributed by atoms with Gasteiger partial charge in [0.05, 0.1) is 15.4 Å². The van der Waals surface area contributed by atoms with Crippen LogP contribution in [0.25, 0.3) is 6.08 Å². The molecule has 100 valence electrons. The largest absolute Gasteiger partial charge is 0.450 e. The molecule has 4 nitrogen and oxygen atoms in total. The molecule has 2 heterocycles. The number of hydrogen-bond donors (Lipinski definition) is 0. The summed E-state index contributed by atoms with van der Waals surface area (Å²) >= 11 is 6.27. The second kappa shape index (κ2) is 5.84. The number of imide groups is 1. The predicted molar refractivity (Wildman–Crippen MR) is 86.6 cm³/mol. The summed E-state index contributed by atoms with van der Waals surface area (Å²) in [6.07, 6.45) is 3.14. The Bertz CT molecular complexity index is 576. The van der Waals surface area contributed by atoms with Crippen LogP contribution in [0.1, 0.15) is 12.7 Å². The van der Waals surface area contributed by atoms with Gasteiger partial charge in [0, 0.05) is 28.7 Å². The topological polar surface area (TPSA) is 50.5 Å². The molecule has 0 N–H and O–H groups in total. The number of nitrogens with zero attached hydrogens (tertiary/aromatic N) is 1. The highest BCUT2D eigenvalue weighted by Crippen LogP contribution is 2.34. The number of halogens is 2. The van der Waals surface area contributed by atoms with Crippen molar-refractivity contribution in [3.63, 3.8) is 0 Å². The lowest BCUT2D eigenvalue weighted by Crippen LogP contribution is -2.35. The number of amides is 2. The van der Waals surface area contributed by atoms with Crippen LogP contribution in [-0.4, -0.2) is 22.1 Å². The smallest absolute Gasteiger partial charge is 0.294 e. The van der Waals surface area contributed by atoms with Gasteiger partial charge in [0.2, 0.25) is 0 Å². The monoisotopic (exact) mass is 453 g/mol. The molecule has 0 unspecified atom stereocenters. The summed E-state index contributed by atoms with van der Waals surface area (Å²) in [4.78, 5) is 25.5. The van der Waals surface area contributed by atoms with E-state index in [0.717, 1.165) is 16.2 Å². The minimum Gasteiger partial charge on any atom is -0.450 e. The first-order chi connectivity index (χ1) is 8.93. The van der Waals surface area contributed by atoms with Gasteiger partial charge in [-0.15, -0.1) is 6.58 Å². The van der Waals surface area contributed by atoms with E-state index in [-0.39, 0.29) is 17.2 Å². The van der Waals surface area contributed by atoms with E-state index in [2.05, 4.69) is 22.5 Å². The van der Waals surface area contributed by atoms with Crippen molar-refractivity contribution in [1.82, 2.24) is 4.90 Å². The quantitative estimate of drug-likeness (QED) is 0.390. The van der Waals surface area contributed by atoms with Crippen LogP contribution in [0.5, 0.6) is 0 Å². The van der Waals surface area contributed by atoms with Crippen LogP contribution >= 0.6 is 50.3 Å². The van der Waals surface area contributed by atoms with Gasteiger partial charge < -0.3 is 4.42 Å². The van der Waals surface area contributed by atoms with Gasteiger partial charge in [-0.05, 0) is 40.7 Å². The van der Waals surface area contributed by atoms with E-state index >= 15 is 0 Å². The molecular weight excluding hydrogens is 445 g/mol. The van der Waals surface area contributed by atoms with Gasteiger partial charge in [-0.1, -0.05) is 6.08 Å². The second-order valence-corrected chi connectivity index (χ2v) is 6.63. The van der Waals surface area contributed by atoms with Gasteiger partial charge >= 0.3 is 0 Å². The zero-order valence-corrected chi connectivity index (χ0v) is 14.4. The highest BCUT2D eigenvalue weighted by molar-refractivity contribution is 14.1. The lowest BCUT2D eigenvalue weighted by atomic mass is 10.3. The fourth-order valence-electron chi connectivity index (χ4n) is 1.50. The summed E-state index contributed by atoms with van der Waals surface area (Å²) in [6.45, 7) is 5.35. The summed E-state index contributed by atoms with van der Waals surface area (Å²) in [6, 6.07) is 1.44. The maximum Gasteiger partial charge on any atom is 0.294 e. The standard InChI is InChI=1S/C12H9BrINO3S/c1-3-6(2)15-11(16)9(19-12(15)17)5-7-4-8(13)10(14)18-7/h3-6H,1H2,2H3/b9-5-/t6-/m1/s1. The van der Waals surface area contributed by atoms with Crippen molar-refractivity contribution in [1.29, 1.82) is 0 Å². The Balaban J connectivity index is 2.30. The van der Waals surface area contributed by atoms with Crippen LogP contribution in [0.3, 0.4) is 0 Å². The fraction of sp³-hybridized carbons (Fsp3) is 0.167. The molecular formula is C12H9BrINO3S. The Hall–Kier alpha value is -0.540. The van der Waals surface area contributed by atoms with Crippen LogP contribution in [0, 0.1) is 3.77 Å². The van der Waals surface area contributed by atoms with Gasteiger partial charge in [0.1, 0.15) is 5.76 Å². The summed E-state index contributed by atoms with van der Waals surface area (Å²) in [5.41, 5.74) is 0. The zero-order chi connectivity index (χ0) is 14.2. The second-order valence-electron chi connectivity index (χ2n) is 3.80. The Morgan fingerprint density at radius 3 is 2.79 bits per heavy atom. The average molecular weight is 454 g/mol. The van der Waals surface area contributed by atoms with E-state index < -0.39 is 0 Å². The first-order valence-electron chi connectivity index (χ1n) is 5.28. The van der Waals surface area contributed by atoms with Crippen LogP contribution in [-0.2, 0) is 4.79 Å². The summed E-state index contributed by atoms with van der Waals surface area (Å²) in [5, 5.41) is -0.288. The van der Waals surface area contributed by atoms with E-state index in [0.29, 0.717) is 14.4 Å². The average Bonchev–Trinajstić information content (AvgIpc) is 2.80. The number of rotatable bonds is 3. The van der Waals surface area contributed by atoms with E-state index in [4.69, 9.17) is 4.42 Å². The molecule has 0 spiro atoms. The minimum absolute atomic E-state index is 0.288. The van der Waals surface area contributed by atoms with Crippen molar-refractivity contribution in [2.24, 2.45) is 0 Å². The molecule has 0 aliphatic carbocycles. The summed E-state index contributed by atoms with van der Waals surface area (Å²) < 4.78 is 6.94. The highest BCUT2D eigenvalue weighted by atomic mass is 127. The SMILES string of the molecule is C=C[C@@H](C)N1C(=O)S/C(=C\c2cc(Br)c(I)o2)C1=O. The Labute approximate surface area is 136 Å². The zero-order valence-electron chi connectivity index (χ0n) is 9.85. The predicted octanol–water partition coefficient (Wildman–Crippen LogP) is 4.26. The molecule has 0 radical (unpaired) electrons. The van der Waals surface area contributed by atoms with Gasteiger partial charge in [-0.25, -0.2) is 0 Å². The number of carbonyl (C=O) groups is 2.